The molecule has 0 saturated carbocycles. The normalized spacial score (nSPS) is 15.7. The lowest BCUT2D eigenvalue weighted by Gasteiger charge is -2.28. The summed E-state index contributed by atoms with van der Waals surface area (Å²) in [4.78, 5) is 14.4. The molecule has 21 heavy (non-hydrogen) atoms. The number of anilines is 1. The molecule has 2 heterocycles. The summed E-state index contributed by atoms with van der Waals surface area (Å²) in [7, 11) is 0. The minimum atomic E-state index is 0.00346. The van der Waals surface area contributed by atoms with Gasteiger partial charge in [0, 0.05) is 25.7 Å². The second-order valence-electron chi connectivity index (χ2n) is 6.26. The lowest BCUT2D eigenvalue weighted by Crippen LogP contribution is -2.33. The first kappa shape index (κ1) is 16.0. The van der Waals surface area contributed by atoms with Crippen LogP contribution < -0.4 is 15.8 Å². The van der Waals surface area contributed by atoms with Gasteiger partial charge >= 0.3 is 0 Å². The highest BCUT2D eigenvalue weighted by Gasteiger charge is 2.12. The van der Waals surface area contributed by atoms with Crippen LogP contribution in [-0.2, 0) is 6.54 Å². The van der Waals surface area contributed by atoms with Gasteiger partial charge in [0.1, 0.15) is 0 Å². The van der Waals surface area contributed by atoms with E-state index in [2.05, 4.69) is 29.2 Å². The number of nitrogens with one attached hydrogen (secondary N) is 1. The molecule has 0 unspecified atom stereocenters. The van der Waals surface area contributed by atoms with Crippen LogP contribution in [-0.4, -0.2) is 36.0 Å². The van der Waals surface area contributed by atoms with Crippen LogP contribution in [0.1, 0.15) is 39.5 Å². The van der Waals surface area contributed by atoms with Crippen molar-refractivity contribution in [3.05, 3.63) is 22.6 Å². The third kappa shape index (κ3) is 5.16. The maximum atomic E-state index is 12.1. The summed E-state index contributed by atoms with van der Waals surface area (Å²) in [5, 5.41) is 7.67. The van der Waals surface area contributed by atoms with Gasteiger partial charge in [0.05, 0.1) is 18.4 Å². The van der Waals surface area contributed by atoms with Crippen molar-refractivity contribution in [3.8, 4) is 0 Å². The number of hydrogen-bond acceptors (Lipinski definition) is 4. The number of aromatic nitrogens is 2. The predicted octanol–water partition coefficient (Wildman–Crippen LogP) is 1.87. The van der Waals surface area contributed by atoms with Gasteiger partial charge in [0.2, 0.25) is 0 Å². The minimum absolute atomic E-state index is 0.00346. The van der Waals surface area contributed by atoms with E-state index in [-0.39, 0.29) is 5.56 Å². The Balaban J connectivity index is 1.83. The molecule has 1 aromatic rings. The molecule has 5 nitrogen and oxygen atoms in total. The Kier molecular flexibility index (Phi) is 6.23. The first-order valence-electron chi connectivity index (χ1n) is 8.19. The van der Waals surface area contributed by atoms with E-state index in [1.165, 1.54) is 19.3 Å². The average Bonchev–Trinajstić information content (AvgIpc) is 2.49. The molecule has 1 aliphatic heterocycles. The van der Waals surface area contributed by atoms with Crippen molar-refractivity contribution >= 4 is 5.69 Å². The van der Waals surface area contributed by atoms with Crippen LogP contribution >= 0.6 is 0 Å². The highest BCUT2D eigenvalue weighted by molar-refractivity contribution is 5.43. The van der Waals surface area contributed by atoms with Crippen LogP contribution in [0.2, 0.25) is 0 Å². The zero-order valence-electron chi connectivity index (χ0n) is 13.3. The van der Waals surface area contributed by atoms with E-state index < -0.39 is 0 Å². The minimum Gasteiger partial charge on any atom is -0.370 e. The average molecular weight is 292 g/mol. The van der Waals surface area contributed by atoms with Gasteiger partial charge in [0.15, 0.2) is 0 Å². The molecule has 0 bridgehead atoms. The van der Waals surface area contributed by atoms with E-state index in [1.807, 2.05) is 6.20 Å². The van der Waals surface area contributed by atoms with E-state index >= 15 is 0 Å². The summed E-state index contributed by atoms with van der Waals surface area (Å²) in [5.74, 6) is 0.710. The van der Waals surface area contributed by atoms with E-state index in [4.69, 9.17) is 0 Å². The molecule has 1 fully saturated rings. The molecule has 0 spiro atoms. The number of nitrogens with zero attached hydrogens (tertiary/aromatic N) is 3. The first-order chi connectivity index (χ1) is 10.2. The van der Waals surface area contributed by atoms with Crippen LogP contribution in [0.3, 0.4) is 0 Å². The molecule has 2 rings (SSSR count). The number of hydrogen-bond donors (Lipinski definition) is 1. The topological polar surface area (TPSA) is 50.2 Å². The lowest BCUT2D eigenvalue weighted by atomic mass is 10.1. The highest BCUT2D eigenvalue weighted by atomic mass is 16.1. The largest absolute Gasteiger partial charge is 0.370 e. The van der Waals surface area contributed by atoms with Crippen LogP contribution in [0.5, 0.6) is 0 Å². The zero-order valence-corrected chi connectivity index (χ0v) is 13.3. The lowest BCUT2D eigenvalue weighted by molar-refractivity contribution is 0.494. The van der Waals surface area contributed by atoms with E-state index in [9.17, 15) is 4.79 Å². The van der Waals surface area contributed by atoms with Gasteiger partial charge in [-0.2, -0.15) is 5.10 Å². The van der Waals surface area contributed by atoms with Crippen LogP contribution in [0.4, 0.5) is 5.69 Å². The van der Waals surface area contributed by atoms with Crippen molar-refractivity contribution < 1.29 is 0 Å². The van der Waals surface area contributed by atoms with Gasteiger partial charge in [-0.3, -0.25) is 4.79 Å². The summed E-state index contributed by atoms with van der Waals surface area (Å²) < 4.78 is 1.55. The van der Waals surface area contributed by atoms with Gasteiger partial charge < -0.3 is 10.2 Å². The van der Waals surface area contributed by atoms with Crippen LogP contribution in [0.25, 0.3) is 0 Å². The van der Waals surface area contributed by atoms with Crippen molar-refractivity contribution in [2.45, 2.75) is 46.1 Å². The molecule has 1 N–H and O–H groups in total. The Bertz CT molecular complexity index is 477. The number of rotatable bonds is 7. The number of piperidine rings is 1. The molecule has 0 atom stereocenters. The van der Waals surface area contributed by atoms with Gasteiger partial charge in [-0.05, 0) is 38.1 Å². The fraction of sp³-hybridized carbons (Fsp3) is 0.750. The summed E-state index contributed by atoms with van der Waals surface area (Å²) in [6.07, 6.45) is 6.71. The second kappa shape index (κ2) is 8.17. The monoisotopic (exact) mass is 292 g/mol. The van der Waals surface area contributed by atoms with Gasteiger partial charge in [0.25, 0.3) is 5.56 Å². The maximum Gasteiger partial charge on any atom is 0.268 e. The van der Waals surface area contributed by atoms with Crippen molar-refractivity contribution in [1.29, 1.82) is 0 Å². The summed E-state index contributed by atoms with van der Waals surface area (Å²) >= 11 is 0. The van der Waals surface area contributed by atoms with E-state index in [0.29, 0.717) is 12.5 Å². The molecule has 0 radical (unpaired) electrons. The van der Waals surface area contributed by atoms with Crippen LogP contribution in [0.15, 0.2) is 17.1 Å². The van der Waals surface area contributed by atoms with Crippen molar-refractivity contribution in [1.82, 2.24) is 15.1 Å². The van der Waals surface area contributed by atoms with Crippen molar-refractivity contribution in [3.63, 3.8) is 0 Å². The van der Waals surface area contributed by atoms with Gasteiger partial charge in [-0.25, -0.2) is 4.68 Å². The highest BCUT2D eigenvalue weighted by Crippen LogP contribution is 2.16. The third-order valence-corrected chi connectivity index (χ3v) is 3.98. The van der Waals surface area contributed by atoms with Crippen LogP contribution in [0, 0.1) is 5.92 Å². The summed E-state index contributed by atoms with van der Waals surface area (Å²) in [6, 6.07) is 1.73. The third-order valence-electron chi connectivity index (χ3n) is 3.98. The molecular weight excluding hydrogens is 264 g/mol. The van der Waals surface area contributed by atoms with Gasteiger partial charge in [-0.15, -0.1) is 0 Å². The standard InChI is InChI=1S/C16H28N4O/c1-14(2)6-7-17-8-11-20-16(21)12-15(13-18-20)19-9-4-3-5-10-19/h12-14,17H,3-11H2,1-2H3. The Morgan fingerprint density at radius 3 is 2.67 bits per heavy atom. The SMILES string of the molecule is CC(C)CCNCCn1ncc(N2CCCCC2)cc1=O. The second-order valence-corrected chi connectivity index (χ2v) is 6.26. The molecule has 1 aliphatic rings. The van der Waals surface area contributed by atoms with E-state index in [0.717, 1.165) is 38.3 Å². The maximum absolute atomic E-state index is 12.1. The fourth-order valence-electron chi connectivity index (χ4n) is 2.62. The first-order valence-corrected chi connectivity index (χ1v) is 8.19. The Hall–Kier alpha value is -1.36. The zero-order chi connectivity index (χ0) is 15.1. The summed E-state index contributed by atoms with van der Waals surface area (Å²) in [5.41, 5.74) is 0.979. The molecule has 0 aliphatic carbocycles. The molecule has 0 aromatic carbocycles. The Morgan fingerprint density at radius 2 is 2.00 bits per heavy atom. The molecule has 5 heteroatoms. The Morgan fingerprint density at radius 1 is 1.24 bits per heavy atom. The van der Waals surface area contributed by atoms with Crippen molar-refractivity contribution in [2.24, 2.45) is 5.92 Å². The molecule has 0 amide bonds. The smallest absolute Gasteiger partial charge is 0.268 e. The quantitative estimate of drug-likeness (QED) is 0.780. The van der Waals surface area contributed by atoms with Gasteiger partial charge in [-0.1, -0.05) is 13.8 Å². The van der Waals surface area contributed by atoms with E-state index in [1.54, 1.807) is 10.7 Å². The predicted molar refractivity (Wildman–Crippen MR) is 86.9 cm³/mol. The molecule has 118 valence electrons. The molecule has 1 aromatic heterocycles. The molecular formula is C16H28N4O. The molecule has 1 saturated heterocycles. The Labute approximate surface area is 127 Å². The fourth-order valence-corrected chi connectivity index (χ4v) is 2.62. The van der Waals surface area contributed by atoms with Crippen molar-refractivity contribution in [2.75, 3.05) is 31.1 Å². The summed E-state index contributed by atoms with van der Waals surface area (Å²) in [6.45, 7) is 8.95.